The molecular weight excluding hydrogens is 246 g/mol. The fourth-order valence-electron chi connectivity index (χ4n) is 1.90. The molecule has 0 bridgehead atoms. The minimum atomic E-state index is -0.569. The van der Waals surface area contributed by atoms with Crippen LogP contribution in [0.4, 0.5) is 5.69 Å². The zero-order valence-corrected chi connectivity index (χ0v) is 10.8. The van der Waals surface area contributed by atoms with Gasteiger partial charge in [-0.1, -0.05) is 12.1 Å². The first-order valence-electron chi connectivity index (χ1n) is 5.92. The predicted molar refractivity (Wildman–Crippen MR) is 69.8 cm³/mol. The lowest BCUT2D eigenvalue weighted by molar-refractivity contribution is -0.385. The van der Waals surface area contributed by atoms with Crippen molar-refractivity contribution >= 4 is 5.69 Å². The SMILES string of the molecule is Cc1c(Cn2cc(C(C)O)cn2)cccc1[N+](=O)[O-]. The van der Waals surface area contributed by atoms with Gasteiger partial charge in [-0.25, -0.2) is 0 Å². The molecule has 100 valence electrons. The van der Waals surface area contributed by atoms with Gasteiger partial charge >= 0.3 is 0 Å². The number of hydrogen-bond donors (Lipinski definition) is 1. The molecule has 0 aliphatic rings. The molecule has 0 aliphatic carbocycles. The van der Waals surface area contributed by atoms with Crippen LogP contribution in [0.2, 0.25) is 0 Å². The molecule has 2 rings (SSSR count). The number of aliphatic hydroxyl groups is 1. The summed E-state index contributed by atoms with van der Waals surface area (Å²) in [6.07, 6.45) is 2.76. The maximum atomic E-state index is 10.9. The van der Waals surface area contributed by atoms with Crippen LogP contribution in [-0.4, -0.2) is 19.8 Å². The molecule has 6 nitrogen and oxygen atoms in total. The molecule has 0 amide bonds. The third-order valence-electron chi connectivity index (χ3n) is 3.08. The largest absolute Gasteiger partial charge is 0.389 e. The fraction of sp³-hybridized carbons (Fsp3) is 0.308. The van der Waals surface area contributed by atoms with Gasteiger partial charge in [-0.2, -0.15) is 5.10 Å². The van der Waals surface area contributed by atoms with E-state index in [9.17, 15) is 15.2 Å². The first kappa shape index (κ1) is 13.2. The molecule has 1 aromatic heterocycles. The summed E-state index contributed by atoms with van der Waals surface area (Å²) in [5, 5.41) is 24.4. The van der Waals surface area contributed by atoms with E-state index in [1.807, 2.05) is 6.07 Å². The van der Waals surface area contributed by atoms with Gasteiger partial charge in [0.25, 0.3) is 5.69 Å². The molecule has 19 heavy (non-hydrogen) atoms. The molecule has 0 spiro atoms. The van der Waals surface area contributed by atoms with E-state index in [2.05, 4.69) is 5.10 Å². The maximum Gasteiger partial charge on any atom is 0.272 e. The number of nitrogens with zero attached hydrogens (tertiary/aromatic N) is 3. The summed E-state index contributed by atoms with van der Waals surface area (Å²) in [7, 11) is 0. The van der Waals surface area contributed by atoms with E-state index in [1.54, 1.807) is 37.0 Å². The standard InChI is InChI=1S/C13H15N3O3/c1-9-11(4-3-5-13(9)16(18)19)7-15-8-12(6-14-15)10(2)17/h3-6,8,10,17H,7H2,1-2H3. The second-order valence-corrected chi connectivity index (χ2v) is 4.47. The van der Waals surface area contributed by atoms with Gasteiger partial charge in [-0.3, -0.25) is 14.8 Å². The Morgan fingerprint density at radius 3 is 2.84 bits per heavy atom. The minimum Gasteiger partial charge on any atom is -0.389 e. The zero-order chi connectivity index (χ0) is 14.0. The van der Waals surface area contributed by atoms with Crippen LogP contribution in [0.5, 0.6) is 0 Å². The first-order valence-corrected chi connectivity index (χ1v) is 5.92. The van der Waals surface area contributed by atoms with Gasteiger partial charge < -0.3 is 5.11 Å². The summed E-state index contributed by atoms with van der Waals surface area (Å²) < 4.78 is 1.66. The van der Waals surface area contributed by atoms with Gasteiger partial charge in [0.15, 0.2) is 0 Å². The highest BCUT2D eigenvalue weighted by Gasteiger charge is 2.13. The number of rotatable bonds is 4. The molecule has 0 fully saturated rings. The van der Waals surface area contributed by atoms with Crippen molar-refractivity contribution < 1.29 is 10.0 Å². The quantitative estimate of drug-likeness (QED) is 0.675. The van der Waals surface area contributed by atoms with Gasteiger partial charge in [0, 0.05) is 23.4 Å². The number of hydrogen-bond acceptors (Lipinski definition) is 4. The lowest BCUT2D eigenvalue weighted by atomic mass is 10.1. The maximum absolute atomic E-state index is 10.9. The van der Waals surface area contributed by atoms with Crippen molar-refractivity contribution in [3.63, 3.8) is 0 Å². The first-order chi connectivity index (χ1) is 8.99. The van der Waals surface area contributed by atoms with Crippen LogP contribution in [0, 0.1) is 17.0 Å². The number of nitro benzene ring substituents is 1. The molecule has 1 N–H and O–H groups in total. The molecule has 1 atom stereocenters. The number of aliphatic hydroxyl groups excluding tert-OH is 1. The Balaban J connectivity index is 2.28. The minimum absolute atomic E-state index is 0.111. The molecule has 0 aliphatic heterocycles. The van der Waals surface area contributed by atoms with Gasteiger partial charge in [-0.15, -0.1) is 0 Å². The lowest BCUT2D eigenvalue weighted by Gasteiger charge is -2.06. The van der Waals surface area contributed by atoms with E-state index in [1.165, 1.54) is 6.07 Å². The monoisotopic (exact) mass is 261 g/mol. The van der Waals surface area contributed by atoms with Crippen LogP contribution in [-0.2, 0) is 6.54 Å². The Hall–Kier alpha value is -2.21. The predicted octanol–water partition coefficient (Wildman–Crippen LogP) is 2.20. The van der Waals surface area contributed by atoms with Crippen molar-refractivity contribution in [1.82, 2.24) is 9.78 Å². The van der Waals surface area contributed by atoms with E-state index in [4.69, 9.17) is 0 Å². The van der Waals surface area contributed by atoms with Crippen LogP contribution in [0.3, 0.4) is 0 Å². The Kier molecular flexibility index (Phi) is 3.62. The summed E-state index contributed by atoms with van der Waals surface area (Å²) in [6, 6.07) is 4.99. The highest BCUT2D eigenvalue weighted by Crippen LogP contribution is 2.22. The summed E-state index contributed by atoms with van der Waals surface area (Å²) in [6.45, 7) is 3.84. The Bertz CT molecular complexity index is 605. The summed E-state index contributed by atoms with van der Waals surface area (Å²) >= 11 is 0. The second kappa shape index (κ2) is 5.19. The summed E-state index contributed by atoms with van der Waals surface area (Å²) in [5.74, 6) is 0. The molecular formula is C13H15N3O3. The number of benzene rings is 1. The molecule has 0 saturated carbocycles. The van der Waals surface area contributed by atoms with Crippen LogP contribution in [0.15, 0.2) is 30.6 Å². The normalized spacial score (nSPS) is 12.4. The number of nitro groups is 1. The molecule has 1 aromatic carbocycles. The van der Waals surface area contributed by atoms with Crippen LogP contribution < -0.4 is 0 Å². The molecule has 6 heteroatoms. The lowest BCUT2D eigenvalue weighted by Crippen LogP contribution is -2.03. The van der Waals surface area contributed by atoms with E-state index in [0.717, 1.165) is 11.1 Å². The van der Waals surface area contributed by atoms with Gasteiger partial charge in [0.1, 0.15) is 0 Å². The van der Waals surface area contributed by atoms with E-state index in [-0.39, 0.29) is 10.6 Å². The molecule has 0 saturated heterocycles. The van der Waals surface area contributed by atoms with E-state index >= 15 is 0 Å². The van der Waals surface area contributed by atoms with Crippen molar-refractivity contribution in [2.45, 2.75) is 26.5 Å². The van der Waals surface area contributed by atoms with Crippen molar-refractivity contribution in [3.05, 3.63) is 57.4 Å². The van der Waals surface area contributed by atoms with Crippen LogP contribution in [0.1, 0.15) is 29.7 Å². The van der Waals surface area contributed by atoms with Crippen molar-refractivity contribution in [3.8, 4) is 0 Å². The van der Waals surface area contributed by atoms with Crippen molar-refractivity contribution in [1.29, 1.82) is 0 Å². The number of aromatic nitrogens is 2. The van der Waals surface area contributed by atoms with Gasteiger partial charge in [-0.05, 0) is 19.4 Å². The van der Waals surface area contributed by atoms with E-state index < -0.39 is 6.10 Å². The van der Waals surface area contributed by atoms with Crippen LogP contribution >= 0.6 is 0 Å². The second-order valence-electron chi connectivity index (χ2n) is 4.47. The molecule has 2 aromatic rings. The zero-order valence-electron chi connectivity index (χ0n) is 10.8. The summed E-state index contributed by atoms with van der Waals surface area (Å²) in [5.41, 5.74) is 2.32. The highest BCUT2D eigenvalue weighted by atomic mass is 16.6. The Morgan fingerprint density at radius 2 is 2.26 bits per heavy atom. The third-order valence-corrected chi connectivity index (χ3v) is 3.08. The van der Waals surface area contributed by atoms with Gasteiger partial charge in [0.05, 0.1) is 23.8 Å². The smallest absolute Gasteiger partial charge is 0.272 e. The third kappa shape index (κ3) is 2.79. The van der Waals surface area contributed by atoms with Crippen LogP contribution in [0.25, 0.3) is 0 Å². The summed E-state index contributed by atoms with van der Waals surface area (Å²) in [4.78, 5) is 10.5. The van der Waals surface area contributed by atoms with Crippen molar-refractivity contribution in [2.75, 3.05) is 0 Å². The average Bonchev–Trinajstić information content (AvgIpc) is 2.80. The average molecular weight is 261 g/mol. The molecule has 1 unspecified atom stereocenters. The van der Waals surface area contributed by atoms with Crippen molar-refractivity contribution in [2.24, 2.45) is 0 Å². The molecule has 1 heterocycles. The highest BCUT2D eigenvalue weighted by molar-refractivity contribution is 5.44. The molecule has 0 radical (unpaired) electrons. The fourth-order valence-corrected chi connectivity index (χ4v) is 1.90. The van der Waals surface area contributed by atoms with E-state index in [0.29, 0.717) is 12.1 Å². The topological polar surface area (TPSA) is 81.2 Å². The van der Waals surface area contributed by atoms with Gasteiger partial charge in [0.2, 0.25) is 0 Å². The Labute approximate surface area is 110 Å². The Morgan fingerprint density at radius 1 is 1.53 bits per heavy atom.